The Morgan fingerprint density at radius 1 is 1.14 bits per heavy atom. The third kappa shape index (κ3) is 3.78. The second-order valence-corrected chi connectivity index (χ2v) is 7.29. The van der Waals surface area contributed by atoms with Crippen LogP contribution >= 0.6 is 0 Å². The Morgan fingerprint density at radius 3 is 2.68 bits per heavy atom. The number of fused-ring (bicyclic) bond motifs is 1. The molecule has 1 N–H and O–H groups in total. The molecule has 28 heavy (non-hydrogen) atoms. The van der Waals surface area contributed by atoms with Crippen LogP contribution in [0.3, 0.4) is 0 Å². The van der Waals surface area contributed by atoms with Gasteiger partial charge in [-0.25, -0.2) is 0 Å². The SMILES string of the molecule is CCCN1C[C@H](NC(=O)c2ccc3c(c2)OCO3)[C@@H](c2ccc(OC)cc2)C1. The summed E-state index contributed by atoms with van der Waals surface area (Å²) in [7, 11) is 1.67. The fourth-order valence-electron chi connectivity index (χ4n) is 4.01. The summed E-state index contributed by atoms with van der Waals surface area (Å²) in [6.07, 6.45) is 1.10. The van der Waals surface area contributed by atoms with E-state index in [0.717, 1.165) is 31.8 Å². The van der Waals surface area contributed by atoms with Gasteiger partial charge in [0.15, 0.2) is 11.5 Å². The number of nitrogens with zero attached hydrogens (tertiary/aromatic N) is 1. The Bertz CT molecular complexity index is 837. The highest BCUT2D eigenvalue weighted by Crippen LogP contribution is 2.33. The average Bonchev–Trinajstić information content (AvgIpc) is 3.34. The molecule has 6 nitrogen and oxygen atoms in total. The molecule has 0 spiro atoms. The fourth-order valence-corrected chi connectivity index (χ4v) is 4.01. The van der Waals surface area contributed by atoms with E-state index in [9.17, 15) is 4.79 Å². The second-order valence-electron chi connectivity index (χ2n) is 7.29. The van der Waals surface area contributed by atoms with E-state index in [0.29, 0.717) is 17.1 Å². The molecule has 2 aliphatic rings. The minimum Gasteiger partial charge on any atom is -0.497 e. The van der Waals surface area contributed by atoms with Crippen molar-refractivity contribution in [2.45, 2.75) is 25.3 Å². The van der Waals surface area contributed by atoms with Crippen molar-refractivity contribution in [1.29, 1.82) is 0 Å². The number of carbonyl (C=O) groups is 1. The topological polar surface area (TPSA) is 60.0 Å². The van der Waals surface area contributed by atoms with Crippen LogP contribution in [-0.4, -0.2) is 50.4 Å². The van der Waals surface area contributed by atoms with Crippen molar-refractivity contribution >= 4 is 5.91 Å². The van der Waals surface area contributed by atoms with E-state index in [4.69, 9.17) is 14.2 Å². The molecule has 0 unspecified atom stereocenters. The van der Waals surface area contributed by atoms with E-state index >= 15 is 0 Å². The highest BCUT2D eigenvalue weighted by atomic mass is 16.7. The lowest BCUT2D eigenvalue weighted by molar-refractivity contribution is 0.0934. The van der Waals surface area contributed by atoms with Gasteiger partial charge >= 0.3 is 0 Å². The van der Waals surface area contributed by atoms with Crippen LogP contribution in [0.2, 0.25) is 0 Å². The molecule has 2 aromatic carbocycles. The van der Waals surface area contributed by atoms with E-state index in [1.54, 1.807) is 25.3 Å². The average molecular weight is 382 g/mol. The van der Waals surface area contributed by atoms with E-state index in [-0.39, 0.29) is 24.7 Å². The van der Waals surface area contributed by atoms with Crippen molar-refractivity contribution in [3.63, 3.8) is 0 Å². The molecule has 1 amide bonds. The Labute approximate surface area is 165 Å². The van der Waals surface area contributed by atoms with Crippen LogP contribution in [-0.2, 0) is 0 Å². The van der Waals surface area contributed by atoms with Gasteiger partial charge in [0.1, 0.15) is 5.75 Å². The minimum atomic E-state index is -0.0832. The molecule has 2 aliphatic heterocycles. The van der Waals surface area contributed by atoms with Crippen LogP contribution in [0.25, 0.3) is 0 Å². The molecule has 2 heterocycles. The Kier molecular flexibility index (Phi) is 5.39. The molecule has 0 aliphatic carbocycles. The number of rotatable bonds is 6. The number of methoxy groups -OCH3 is 1. The minimum absolute atomic E-state index is 0.0536. The summed E-state index contributed by atoms with van der Waals surface area (Å²) in [5.74, 6) is 2.31. The molecular formula is C22H26N2O4. The first kappa shape index (κ1) is 18.6. The molecule has 1 saturated heterocycles. The smallest absolute Gasteiger partial charge is 0.251 e. The van der Waals surface area contributed by atoms with Crippen molar-refractivity contribution in [3.05, 3.63) is 53.6 Å². The van der Waals surface area contributed by atoms with E-state index < -0.39 is 0 Å². The second kappa shape index (κ2) is 8.10. The number of hydrogen-bond acceptors (Lipinski definition) is 5. The van der Waals surface area contributed by atoms with Crippen molar-refractivity contribution in [3.8, 4) is 17.2 Å². The highest BCUT2D eigenvalue weighted by Gasteiger charge is 2.34. The van der Waals surface area contributed by atoms with Crippen LogP contribution < -0.4 is 19.5 Å². The molecule has 0 radical (unpaired) electrons. The Balaban J connectivity index is 1.51. The van der Waals surface area contributed by atoms with E-state index in [1.807, 2.05) is 12.1 Å². The lowest BCUT2D eigenvalue weighted by Gasteiger charge is -2.20. The maximum absolute atomic E-state index is 12.9. The maximum Gasteiger partial charge on any atom is 0.251 e. The molecule has 148 valence electrons. The number of carbonyl (C=O) groups excluding carboxylic acids is 1. The van der Waals surface area contributed by atoms with Gasteiger partial charge in [-0.05, 0) is 48.9 Å². The number of ether oxygens (including phenoxy) is 3. The predicted molar refractivity (Wildman–Crippen MR) is 106 cm³/mol. The number of likely N-dealkylation sites (tertiary alicyclic amines) is 1. The number of nitrogens with one attached hydrogen (secondary N) is 1. The van der Waals surface area contributed by atoms with E-state index in [2.05, 4.69) is 29.3 Å². The highest BCUT2D eigenvalue weighted by molar-refractivity contribution is 5.95. The lowest BCUT2D eigenvalue weighted by atomic mass is 9.94. The first-order valence-corrected chi connectivity index (χ1v) is 9.74. The zero-order valence-electron chi connectivity index (χ0n) is 16.3. The zero-order chi connectivity index (χ0) is 19.5. The van der Waals surface area contributed by atoms with Crippen molar-refractivity contribution in [2.24, 2.45) is 0 Å². The van der Waals surface area contributed by atoms with Gasteiger partial charge in [0, 0.05) is 30.6 Å². The number of amides is 1. The Hall–Kier alpha value is -2.73. The van der Waals surface area contributed by atoms with Crippen molar-refractivity contribution < 1.29 is 19.0 Å². The molecule has 0 aromatic heterocycles. The monoisotopic (exact) mass is 382 g/mol. The largest absolute Gasteiger partial charge is 0.497 e. The van der Waals surface area contributed by atoms with Gasteiger partial charge < -0.3 is 24.4 Å². The van der Waals surface area contributed by atoms with Crippen LogP contribution in [0.4, 0.5) is 0 Å². The van der Waals surface area contributed by atoms with Crippen LogP contribution in [0.5, 0.6) is 17.2 Å². The molecule has 1 fully saturated rings. The van der Waals surface area contributed by atoms with Crippen molar-refractivity contribution in [1.82, 2.24) is 10.2 Å². The van der Waals surface area contributed by atoms with Gasteiger partial charge in [-0.15, -0.1) is 0 Å². The summed E-state index contributed by atoms with van der Waals surface area (Å²) in [6, 6.07) is 13.5. The summed E-state index contributed by atoms with van der Waals surface area (Å²) in [5.41, 5.74) is 1.81. The molecule has 4 rings (SSSR count). The Morgan fingerprint density at radius 2 is 1.93 bits per heavy atom. The maximum atomic E-state index is 12.9. The number of benzene rings is 2. The van der Waals surface area contributed by atoms with Gasteiger partial charge in [0.25, 0.3) is 5.91 Å². The van der Waals surface area contributed by atoms with Gasteiger partial charge in [-0.2, -0.15) is 0 Å². The first-order chi connectivity index (χ1) is 13.7. The van der Waals surface area contributed by atoms with Crippen LogP contribution in [0.1, 0.15) is 35.2 Å². The molecule has 0 bridgehead atoms. The van der Waals surface area contributed by atoms with Crippen LogP contribution in [0, 0.1) is 0 Å². The molecule has 0 saturated carbocycles. The third-order valence-electron chi connectivity index (χ3n) is 5.43. The summed E-state index contributed by atoms with van der Waals surface area (Å²) in [5, 5.41) is 3.24. The predicted octanol–water partition coefficient (Wildman–Crippen LogP) is 3.03. The third-order valence-corrected chi connectivity index (χ3v) is 5.43. The summed E-state index contributed by atoms with van der Waals surface area (Å²) >= 11 is 0. The molecule has 2 aromatic rings. The van der Waals surface area contributed by atoms with Gasteiger partial charge in [0.05, 0.1) is 7.11 Å². The van der Waals surface area contributed by atoms with Crippen molar-refractivity contribution in [2.75, 3.05) is 33.5 Å². The van der Waals surface area contributed by atoms with Gasteiger partial charge in [0.2, 0.25) is 6.79 Å². The molecule has 6 heteroatoms. The molecular weight excluding hydrogens is 356 g/mol. The van der Waals surface area contributed by atoms with Gasteiger partial charge in [-0.1, -0.05) is 19.1 Å². The normalized spacial score (nSPS) is 20.9. The summed E-state index contributed by atoms with van der Waals surface area (Å²) in [4.78, 5) is 15.3. The standard InChI is InChI=1S/C22H26N2O4/c1-3-10-24-12-18(15-4-7-17(26-2)8-5-15)19(13-24)23-22(25)16-6-9-20-21(11-16)28-14-27-20/h4-9,11,18-19H,3,10,12-14H2,1-2H3,(H,23,25)/t18-,19+/m1/s1. The fraction of sp³-hybridized carbons (Fsp3) is 0.409. The quantitative estimate of drug-likeness (QED) is 0.832. The summed E-state index contributed by atoms with van der Waals surface area (Å²) in [6.45, 7) is 5.20. The first-order valence-electron chi connectivity index (χ1n) is 9.74. The van der Waals surface area contributed by atoms with Crippen LogP contribution in [0.15, 0.2) is 42.5 Å². The zero-order valence-corrected chi connectivity index (χ0v) is 16.3. The lowest BCUT2D eigenvalue weighted by Crippen LogP contribution is -2.39. The molecule has 2 atom stereocenters. The van der Waals surface area contributed by atoms with Gasteiger partial charge in [-0.3, -0.25) is 4.79 Å². The van der Waals surface area contributed by atoms with E-state index in [1.165, 1.54) is 5.56 Å². The summed E-state index contributed by atoms with van der Waals surface area (Å²) < 4.78 is 16.0. The number of hydrogen-bond donors (Lipinski definition) is 1.